The Balaban J connectivity index is 2.07. The molecule has 0 aliphatic rings. The molecular weight excluding hydrogens is 337 g/mol. The summed E-state index contributed by atoms with van der Waals surface area (Å²) >= 11 is 1.15. The molecule has 3 nitrogen and oxygen atoms in total. The lowest BCUT2D eigenvalue weighted by Gasteiger charge is -2.22. The first-order valence-electron chi connectivity index (χ1n) is 8.31. The fourth-order valence-electron chi connectivity index (χ4n) is 2.38. The first kappa shape index (κ1) is 19.2. The van der Waals surface area contributed by atoms with Gasteiger partial charge in [-0.25, -0.2) is 4.39 Å². The number of nitrogens with zero attached hydrogens (tertiary/aromatic N) is 1. The lowest BCUT2D eigenvalue weighted by Crippen LogP contribution is -2.33. The van der Waals surface area contributed by atoms with Gasteiger partial charge in [0, 0.05) is 22.7 Å². The molecule has 0 unspecified atom stereocenters. The summed E-state index contributed by atoms with van der Waals surface area (Å²) < 4.78 is 14.1. The predicted octanol–water partition coefficient (Wildman–Crippen LogP) is 4.95. The van der Waals surface area contributed by atoms with E-state index in [9.17, 15) is 14.0 Å². The first-order valence-corrected chi connectivity index (χ1v) is 9.30. The standard InChI is InChI=1S/C20H22FNO2S/c1-3-4-12-22(17-8-6-5-7-9-17)20(24)14-25-19-11-10-16(15(2)23)13-18(19)21/h5-11,13H,3-4,12,14H2,1-2H3. The maximum absolute atomic E-state index is 14.1. The minimum Gasteiger partial charge on any atom is -0.312 e. The van der Waals surface area contributed by atoms with Gasteiger partial charge in [-0.3, -0.25) is 9.59 Å². The molecule has 1 amide bonds. The molecule has 0 bridgehead atoms. The molecule has 0 spiro atoms. The molecule has 25 heavy (non-hydrogen) atoms. The van der Waals surface area contributed by atoms with Crippen LogP contribution in [0, 0.1) is 5.82 Å². The molecule has 0 radical (unpaired) electrons. The highest BCUT2D eigenvalue weighted by Gasteiger charge is 2.16. The van der Waals surface area contributed by atoms with Crippen LogP contribution in [0.3, 0.4) is 0 Å². The Bertz CT molecular complexity index is 734. The van der Waals surface area contributed by atoms with Crippen LogP contribution in [0.1, 0.15) is 37.0 Å². The number of amides is 1. The lowest BCUT2D eigenvalue weighted by molar-refractivity contribution is -0.116. The van der Waals surface area contributed by atoms with Crippen LogP contribution in [0.25, 0.3) is 0 Å². The maximum Gasteiger partial charge on any atom is 0.237 e. The second kappa shape index (κ2) is 9.37. The Morgan fingerprint density at radius 1 is 1.12 bits per heavy atom. The van der Waals surface area contributed by atoms with Crippen LogP contribution in [0.5, 0.6) is 0 Å². The number of anilines is 1. The van der Waals surface area contributed by atoms with E-state index in [-0.39, 0.29) is 17.4 Å². The number of para-hydroxylation sites is 1. The number of ketones is 1. The van der Waals surface area contributed by atoms with Gasteiger partial charge in [0.15, 0.2) is 5.78 Å². The van der Waals surface area contributed by atoms with Crippen molar-refractivity contribution in [1.29, 1.82) is 0 Å². The summed E-state index contributed by atoms with van der Waals surface area (Å²) in [5, 5.41) is 0. The van der Waals surface area contributed by atoms with E-state index in [4.69, 9.17) is 0 Å². The van der Waals surface area contributed by atoms with Gasteiger partial charge in [-0.15, -0.1) is 11.8 Å². The summed E-state index contributed by atoms with van der Waals surface area (Å²) in [5.74, 6) is -0.555. The molecule has 0 fully saturated rings. The molecule has 132 valence electrons. The summed E-state index contributed by atoms with van der Waals surface area (Å²) in [5.41, 5.74) is 1.19. The number of Topliss-reactive ketones (excluding diaryl/α,β-unsaturated/α-hetero) is 1. The summed E-state index contributed by atoms with van der Waals surface area (Å²) in [7, 11) is 0. The highest BCUT2D eigenvalue weighted by Crippen LogP contribution is 2.24. The molecule has 5 heteroatoms. The van der Waals surface area contributed by atoms with Crippen LogP contribution in [0.2, 0.25) is 0 Å². The van der Waals surface area contributed by atoms with Crippen molar-refractivity contribution in [2.45, 2.75) is 31.6 Å². The van der Waals surface area contributed by atoms with Crippen molar-refractivity contribution < 1.29 is 14.0 Å². The Kier molecular flexibility index (Phi) is 7.19. The van der Waals surface area contributed by atoms with E-state index < -0.39 is 5.82 Å². The van der Waals surface area contributed by atoms with Gasteiger partial charge in [0.1, 0.15) is 5.82 Å². The minimum absolute atomic E-state index is 0.0558. The molecule has 0 atom stereocenters. The van der Waals surface area contributed by atoms with E-state index in [1.165, 1.54) is 13.0 Å². The maximum atomic E-state index is 14.1. The second-order valence-corrected chi connectivity index (χ2v) is 6.74. The molecule has 0 aromatic heterocycles. The van der Waals surface area contributed by atoms with Gasteiger partial charge in [0.2, 0.25) is 5.91 Å². The molecule has 0 aliphatic carbocycles. The molecule has 0 N–H and O–H groups in total. The summed E-state index contributed by atoms with van der Waals surface area (Å²) in [6.07, 6.45) is 1.90. The predicted molar refractivity (Wildman–Crippen MR) is 101 cm³/mol. The fraction of sp³-hybridized carbons (Fsp3) is 0.300. The number of benzene rings is 2. The normalized spacial score (nSPS) is 10.5. The Morgan fingerprint density at radius 3 is 2.44 bits per heavy atom. The van der Waals surface area contributed by atoms with Crippen molar-refractivity contribution in [3.05, 3.63) is 59.9 Å². The third-order valence-electron chi connectivity index (χ3n) is 3.79. The highest BCUT2D eigenvalue weighted by molar-refractivity contribution is 8.00. The van der Waals surface area contributed by atoms with Crippen molar-refractivity contribution in [2.75, 3.05) is 17.2 Å². The number of carbonyl (C=O) groups is 2. The summed E-state index contributed by atoms with van der Waals surface area (Å²) in [4.78, 5) is 26.1. The minimum atomic E-state index is -0.467. The summed E-state index contributed by atoms with van der Waals surface area (Å²) in [6, 6.07) is 13.9. The fourth-order valence-corrected chi connectivity index (χ4v) is 3.17. The van der Waals surface area contributed by atoms with E-state index in [0.29, 0.717) is 17.0 Å². The van der Waals surface area contributed by atoms with Gasteiger partial charge >= 0.3 is 0 Å². The average molecular weight is 359 g/mol. The molecule has 2 aromatic rings. The molecule has 0 saturated heterocycles. The van der Waals surface area contributed by atoms with Gasteiger partial charge in [-0.1, -0.05) is 37.6 Å². The number of unbranched alkanes of at least 4 members (excludes halogenated alkanes) is 1. The number of hydrogen-bond acceptors (Lipinski definition) is 3. The molecule has 2 rings (SSSR count). The van der Waals surface area contributed by atoms with E-state index in [0.717, 1.165) is 30.3 Å². The molecule has 0 heterocycles. The number of thioether (sulfide) groups is 1. The monoisotopic (exact) mass is 359 g/mol. The van der Waals surface area contributed by atoms with Crippen LogP contribution in [-0.4, -0.2) is 24.0 Å². The number of halogens is 1. The van der Waals surface area contributed by atoms with Crippen molar-refractivity contribution >= 4 is 29.1 Å². The van der Waals surface area contributed by atoms with E-state index in [1.54, 1.807) is 17.0 Å². The Morgan fingerprint density at radius 2 is 1.84 bits per heavy atom. The van der Waals surface area contributed by atoms with Crippen LogP contribution >= 0.6 is 11.8 Å². The Labute approximate surface area is 152 Å². The van der Waals surface area contributed by atoms with Crippen LogP contribution < -0.4 is 4.90 Å². The van der Waals surface area contributed by atoms with Gasteiger partial charge in [0.25, 0.3) is 0 Å². The zero-order valence-electron chi connectivity index (χ0n) is 14.5. The van der Waals surface area contributed by atoms with Crippen LogP contribution in [0.15, 0.2) is 53.4 Å². The molecule has 0 saturated carbocycles. The lowest BCUT2D eigenvalue weighted by atomic mass is 10.1. The van der Waals surface area contributed by atoms with E-state index in [2.05, 4.69) is 6.92 Å². The smallest absolute Gasteiger partial charge is 0.237 e. The van der Waals surface area contributed by atoms with E-state index in [1.807, 2.05) is 30.3 Å². The first-order chi connectivity index (χ1) is 12.0. The topological polar surface area (TPSA) is 37.4 Å². The van der Waals surface area contributed by atoms with Crippen molar-refractivity contribution in [2.24, 2.45) is 0 Å². The van der Waals surface area contributed by atoms with Gasteiger partial charge < -0.3 is 4.90 Å². The zero-order valence-corrected chi connectivity index (χ0v) is 15.3. The second-order valence-electron chi connectivity index (χ2n) is 5.72. The average Bonchev–Trinajstić information content (AvgIpc) is 2.61. The summed E-state index contributed by atoms with van der Waals surface area (Å²) in [6.45, 7) is 4.12. The quantitative estimate of drug-likeness (QED) is 0.494. The molecule has 2 aromatic carbocycles. The molecule has 0 aliphatic heterocycles. The third kappa shape index (κ3) is 5.43. The molecular formula is C20H22FNO2S. The number of carbonyl (C=O) groups excluding carboxylic acids is 2. The van der Waals surface area contributed by atoms with Gasteiger partial charge in [-0.2, -0.15) is 0 Å². The van der Waals surface area contributed by atoms with E-state index >= 15 is 0 Å². The van der Waals surface area contributed by atoms with Gasteiger partial charge in [-0.05, 0) is 37.6 Å². The number of hydrogen-bond donors (Lipinski definition) is 0. The largest absolute Gasteiger partial charge is 0.312 e. The SMILES string of the molecule is CCCCN(C(=O)CSc1ccc(C(C)=O)cc1F)c1ccccc1. The zero-order chi connectivity index (χ0) is 18.2. The van der Waals surface area contributed by atoms with Gasteiger partial charge in [0.05, 0.1) is 5.75 Å². The highest BCUT2D eigenvalue weighted by atomic mass is 32.2. The van der Waals surface area contributed by atoms with Crippen LogP contribution in [0.4, 0.5) is 10.1 Å². The number of rotatable bonds is 8. The van der Waals surface area contributed by atoms with Crippen molar-refractivity contribution in [1.82, 2.24) is 0 Å². The Hall–Kier alpha value is -2.14. The van der Waals surface area contributed by atoms with Crippen molar-refractivity contribution in [3.63, 3.8) is 0 Å². The van der Waals surface area contributed by atoms with Crippen LogP contribution in [-0.2, 0) is 4.79 Å². The van der Waals surface area contributed by atoms with Crippen molar-refractivity contribution in [3.8, 4) is 0 Å². The third-order valence-corrected chi connectivity index (χ3v) is 4.83.